The summed E-state index contributed by atoms with van der Waals surface area (Å²) in [6.07, 6.45) is 2.06. The second-order valence-corrected chi connectivity index (χ2v) is 10.9. The van der Waals surface area contributed by atoms with Crippen LogP contribution in [0.25, 0.3) is 28.0 Å². The van der Waals surface area contributed by atoms with Crippen molar-refractivity contribution in [2.75, 3.05) is 18.0 Å². The van der Waals surface area contributed by atoms with Crippen molar-refractivity contribution in [2.45, 2.75) is 38.3 Å². The molecule has 2 aliphatic heterocycles. The van der Waals surface area contributed by atoms with Gasteiger partial charge in [0.05, 0.1) is 39.4 Å². The van der Waals surface area contributed by atoms with Crippen LogP contribution in [-0.2, 0) is 4.79 Å². The molecule has 10 heteroatoms. The highest BCUT2D eigenvalue weighted by molar-refractivity contribution is 6.34. The Balaban J connectivity index is 1.62. The standard InChI is InChI=1S/C30H27ClFN5O3/c1-4-25(39)35-14-18-12-17(35)15-36(18)28-20-13-21(31)27(26-22(32)9-7-11-24(26)38)33-29(20)37(30(40)34-28)23-10-6-5-8-19(23)16(2)3/h4-11,13,16-18,38H,1,12,14-15H2,2-3H3. The first-order chi connectivity index (χ1) is 19.2. The molecule has 40 heavy (non-hydrogen) atoms. The smallest absolute Gasteiger partial charge is 0.355 e. The summed E-state index contributed by atoms with van der Waals surface area (Å²) >= 11 is 6.70. The maximum absolute atomic E-state index is 15.0. The lowest BCUT2D eigenvalue weighted by Gasteiger charge is -2.35. The highest BCUT2D eigenvalue weighted by Crippen LogP contribution is 2.41. The maximum Gasteiger partial charge on any atom is 0.355 e. The minimum absolute atomic E-state index is 0.0165. The lowest BCUT2D eigenvalue weighted by Crippen LogP contribution is -2.49. The number of para-hydroxylation sites is 1. The van der Waals surface area contributed by atoms with E-state index >= 15 is 0 Å². The number of carbonyl (C=O) groups is 1. The molecule has 8 nitrogen and oxygen atoms in total. The van der Waals surface area contributed by atoms with Gasteiger partial charge in [-0.25, -0.2) is 18.7 Å². The van der Waals surface area contributed by atoms with E-state index in [0.717, 1.165) is 12.0 Å². The fourth-order valence-electron chi connectivity index (χ4n) is 5.96. The number of phenols is 1. The Labute approximate surface area is 235 Å². The van der Waals surface area contributed by atoms with Crippen LogP contribution in [0.2, 0.25) is 5.02 Å². The van der Waals surface area contributed by atoms with E-state index in [-0.39, 0.29) is 51.6 Å². The summed E-state index contributed by atoms with van der Waals surface area (Å²) in [5.41, 5.74) is 1.08. The minimum atomic E-state index is -0.691. The predicted octanol–water partition coefficient (Wildman–Crippen LogP) is 5.04. The summed E-state index contributed by atoms with van der Waals surface area (Å²) in [4.78, 5) is 39.2. The number of benzene rings is 2. The average Bonchev–Trinajstić information content (AvgIpc) is 3.54. The average molecular weight is 560 g/mol. The molecule has 0 radical (unpaired) electrons. The van der Waals surface area contributed by atoms with Gasteiger partial charge in [0.2, 0.25) is 5.91 Å². The van der Waals surface area contributed by atoms with Gasteiger partial charge in [-0.05, 0) is 48.2 Å². The number of likely N-dealkylation sites (tertiary alicyclic amines) is 1. The maximum atomic E-state index is 15.0. The zero-order valence-corrected chi connectivity index (χ0v) is 22.8. The third-order valence-electron chi connectivity index (χ3n) is 7.80. The largest absolute Gasteiger partial charge is 0.507 e. The number of hydrogen-bond acceptors (Lipinski definition) is 6. The normalized spacial score (nSPS) is 18.2. The van der Waals surface area contributed by atoms with Crippen molar-refractivity contribution < 1.29 is 14.3 Å². The number of aromatic hydroxyl groups is 1. The molecule has 2 aromatic carbocycles. The Bertz CT molecular complexity index is 1730. The van der Waals surface area contributed by atoms with Crippen LogP contribution in [0.1, 0.15) is 31.7 Å². The van der Waals surface area contributed by atoms with Crippen molar-refractivity contribution in [3.63, 3.8) is 0 Å². The summed E-state index contributed by atoms with van der Waals surface area (Å²) in [5, 5.41) is 11.1. The van der Waals surface area contributed by atoms with Crippen molar-refractivity contribution in [3.8, 4) is 22.7 Å². The van der Waals surface area contributed by atoms with E-state index in [1.165, 1.54) is 28.8 Å². The fourth-order valence-corrected chi connectivity index (χ4v) is 6.20. The number of rotatable bonds is 5. The van der Waals surface area contributed by atoms with Crippen molar-refractivity contribution >= 4 is 34.4 Å². The molecule has 2 saturated heterocycles. The Morgan fingerprint density at radius 3 is 2.60 bits per heavy atom. The van der Waals surface area contributed by atoms with E-state index in [1.807, 2.05) is 43.0 Å². The van der Waals surface area contributed by atoms with Gasteiger partial charge in [-0.3, -0.25) is 4.79 Å². The number of anilines is 1. The van der Waals surface area contributed by atoms with Gasteiger partial charge >= 0.3 is 5.69 Å². The number of pyridine rings is 1. The molecule has 0 aliphatic carbocycles. The second-order valence-electron chi connectivity index (χ2n) is 10.5. The van der Waals surface area contributed by atoms with Crippen LogP contribution in [0.5, 0.6) is 5.75 Å². The monoisotopic (exact) mass is 559 g/mol. The molecule has 2 unspecified atom stereocenters. The molecule has 1 N–H and O–H groups in total. The highest BCUT2D eigenvalue weighted by Gasteiger charge is 2.46. The van der Waals surface area contributed by atoms with Gasteiger partial charge in [-0.15, -0.1) is 0 Å². The fraction of sp³-hybridized carbons (Fsp3) is 0.267. The molecule has 1 amide bonds. The molecular formula is C30H27ClFN5O3. The Kier molecular flexibility index (Phi) is 6.34. The number of carbonyl (C=O) groups excluding carboxylic acids is 1. The Morgan fingerprint density at radius 1 is 1.15 bits per heavy atom. The number of nitrogens with zero attached hydrogens (tertiary/aromatic N) is 5. The van der Waals surface area contributed by atoms with Gasteiger partial charge in [0, 0.05) is 13.1 Å². The first kappa shape index (κ1) is 26.0. The second kappa shape index (κ2) is 9.75. The molecule has 2 fully saturated rings. The summed E-state index contributed by atoms with van der Waals surface area (Å²) < 4.78 is 16.4. The highest BCUT2D eigenvalue weighted by atomic mass is 35.5. The summed E-state index contributed by atoms with van der Waals surface area (Å²) in [6.45, 7) is 8.63. The number of amides is 1. The van der Waals surface area contributed by atoms with Gasteiger partial charge in [0.15, 0.2) is 5.65 Å². The van der Waals surface area contributed by atoms with Gasteiger partial charge in [-0.1, -0.05) is 56.3 Å². The van der Waals surface area contributed by atoms with Crippen LogP contribution >= 0.6 is 11.6 Å². The topological polar surface area (TPSA) is 91.6 Å². The van der Waals surface area contributed by atoms with E-state index in [9.17, 15) is 19.1 Å². The number of piperazine rings is 1. The van der Waals surface area contributed by atoms with E-state index in [2.05, 4.69) is 11.6 Å². The van der Waals surface area contributed by atoms with Crippen molar-refractivity contribution in [2.24, 2.45) is 0 Å². The van der Waals surface area contributed by atoms with Crippen LogP contribution < -0.4 is 10.6 Å². The van der Waals surface area contributed by atoms with Crippen LogP contribution in [0.15, 0.2) is 66.0 Å². The van der Waals surface area contributed by atoms with Crippen molar-refractivity contribution in [1.82, 2.24) is 19.4 Å². The van der Waals surface area contributed by atoms with Crippen LogP contribution in [0.4, 0.5) is 10.2 Å². The number of hydrogen-bond donors (Lipinski definition) is 1. The first-order valence-electron chi connectivity index (χ1n) is 13.1. The van der Waals surface area contributed by atoms with E-state index in [4.69, 9.17) is 16.6 Å². The van der Waals surface area contributed by atoms with Crippen molar-refractivity contribution in [1.29, 1.82) is 0 Å². The lowest BCUT2D eigenvalue weighted by atomic mass is 10.0. The zero-order chi connectivity index (χ0) is 28.3. The third-order valence-corrected chi connectivity index (χ3v) is 8.09. The van der Waals surface area contributed by atoms with Gasteiger partial charge in [-0.2, -0.15) is 4.98 Å². The molecular weight excluding hydrogens is 533 g/mol. The van der Waals surface area contributed by atoms with Gasteiger partial charge < -0.3 is 14.9 Å². The van der Waals surface area contributed by atoms with Crippen LogP contribution in [-0.4, -0.2) is 55.6 Å². The summed E-state index contributed by atoms with van der Waals surface area (Å²) in [5.74, 6) is -0.630. The molecule has 2 atom stereocenters. The molecule has 204 valence electrons. The lowest BCUT2D eigenvalue weighted by molar-refractivity contribution is -0.127. The summed E-state index contributed by atoms with van der Waals surface area (Å²) in [7, 11) is 0. The van der Waals surface area contributed by atoms with Gasteiger partial charge in [0.25, 0.3) is 0 Å². The Hall–Kier alpha value is -4.24. The first-order valence-corrected chi connectivity index (χ1v) is 13.5. The van der Waals surface area contributed by atoms with Crippen LogP contribution in [0.3, 0.4) is 0 Å². The number of halogens is 2. The molecule has 4 heterocycles. The molecule has 4 aromatic rings. The predicted molar refractivity (Wildman–Crippen MR) is 153 cm³/mol. The molecule has 2 aromatic heterocycles. The molecule has 2 aliphatic rings. The molecule has 0 saturated carbocycles. The number of aromatic nitrogens is 3. The molecule has 2 bridgehead atoms. The zero-order valence-electron chi connectivity index (χ0n) is 22.0. The minimum Gasteiger partial charge on any atom is -0.507 e. The SMILES string of the molecule is C=CC(=O)N1CC2CC1CN2c1nc(=O)n(-c2ccccc2C(C)C)c2nc(-c3c(O)cccc3F)c(Cl)cc12. The number of fused-ring (bicyclic) bond motifs is 3. The van der Waals surface area contributed by atoms with Gasteiger partial charge in [0.1, 0.15) is 17.4 Å². The Morgan fingerprint density at radius 2 is 1.93 bits per heavy atom. The van der Waals surface area contributed by atoms with E-state index < -0.39 is 11.5 Å². The molecule has 6 rings (SSSR count). The molecule has 0 spiro atoms. The van der Waals surface area contributed by atoms with Crippen molar-refractivity contribution in [3.05, 3.63) is 88.1 Å². The van der Waals surface area contributed by atoms with Crippen LogP contribution in [0, 0.1) is 5.82 Å². The number of phenolic OH excluding ortho intramolecular Hbond substituents is 1. The summed E-state index contributed by atoms with van der Waals surface area (Å²) in [6, 6.07) is 13.0. The van der Waals surface area contributed by atoms with E-state index in [1.54, 1.807) is 11.0 Å². The van der Waals surface area contributed by atoms with E-state index in [0.29, 0.717) is 30.0 Å². The third kappa shape index (κ3) is 4.03. The quantitative estimate of drug-likeness (QED) is 0.344.